The molecule has 1 aromatic rings. The van der Waals surface area contributed by atoms with Crippen LogP contribution >= 0.6 is 27.5 Å². The van der Waals surface area contributed by atoms with Crippen LogP contribution in [0.15, 0.2) is 34.2 Å². The molecular weight excluding hydrogens is 382 g/mol. The summed E-state index contributed by atoms with van der Waals surface area (Å²) in [6, 6.07) is 2.37. The van der Waals surface area contributed by atoms with Gasteiger partial charge in [0.05, 0.1) is 15.5 Å². The third kappa shape index (κ3) is 4.06. The van der Waals surface area contributed by atoms with Gasteiger partial charge in [0, 0.05) is 17.6 Å². The van der Waals surface area contributed by atoms with E-state index in [2.05, 4.69) is 22.5 Å². The predicted octanol–water partition coefficient (Wildman–Crippen LogP) is 3.39. The van der Waals surface area contributed by atoms with Gasteiger partial charge >= 0.3 is 5.97 Å². The van der Waals surface area contributed by atoms with Gasteiger partial charge in [-0.2, -0.15) is 4.31 Å². The molecule has 1 N–H and O–H groups in total. The summed E-state index contributed by atoms with van der Waals surface area (Å²) in [5.74, 6) is -1.29. The Morgan fingerprint density at radius 2 is 2.14 bits per heavy atom. The SMILES string of the molecule is C=CCN(CCC)S(=O)(=O)c1cc(Br)c(Cl)c(C(=O)O)c1. The van der Waals surface area contributed by atoms with Crippen LogP contribution in [0, 0.1) is 0 Å². The number of benzene rings is 1. The highest BCUT2D eigenvalue weighted by atomic mass is 79.9. The molecule has 0 unspecified atom stereocenters. The Morgan fingerprint density at radius 1 is 1.52 bits per heavy atom. The van der Waals surface area contributed by atoms with E-state index in [1.165, 1.54) is 16.4 Å². The molecule has 5 nitrogen and oxygen atoms in total. The summed E-state index contributed by atoms with van der Waals surface area (Å²) >= 11 is 8.95. The van der Waals surface area contributed by atoms with E-state index >= 15 is 0 Å². The highest BCUT2D eigenvalue weighted by Crippen LogP contribution is 2.31. The summed E-state index contributed by atoms with van der Waals surface area (Å²) in [4.78, 5) is 11.0. The first-order valence-corrected chi connectivity index (χ1v) is 8.70. The molecule has 1 aromatic carbocycles. The second-order valence-corrected chi connectivity index (χ2v) is 7.39. The molecule has 8 heteroatoms. The van der Waals surface area contributed by atoms with E-state index in [4.69, 9.17) is 16.7 Å². The van der Waals surface area contributed by atoms with Gasteiger partial charge in [0.15, 0.2) is 0 Å². The van der Waals surface area contributed by atoms with Gasteiger partial charge in [-0.15, -0.1) is 6.58 Å². The van der Waals surface area contributed by atoms with Gasteiger partial charge < -0.3 is 5.11 Å². The van der Waals surface area contributed by atoms with Crippen molar-refractivity contribution in [3.05, 3.63) is 39.8 Å². The van der Waals surface area contributed by atoms with Crippen LogP contribution in [0.3, 0.4) is 0 Å². The first kappa shape index (κ1) is 18.2. The number of carbonyl (C=O) groups is 1. The zero-order valence-corrected chi connectivity index (χ0v) is 14.5. The molecule has 21 heavy (non-hydrogen) atoms. The number of aromatic carboxylic acids is 1. The number of carboxylic acids is 1. The average molecular weight is 397 g/mol. The van der Waals surface area contributed by atoms with Crippen molar-refractivity contribution in [2.24, 2.45) is 0 Å². The number of sulfonamides is 1. The summed E-state index contributed by atoms with van der Waals surface area (Å²) in [5, 5.41) is 9.06. The maximum atomic E-state index is 12.6. The molecule has 0 radical (unpaired) electrons. The fraction of sp³-hybridized carbons (Fsp3) is 0.308. The van der Waals surface area contributed by atoms with Crippen LogP contribution in [0.25, 0.3) is 0 Å². The van der Waals surface area contributed by atoms with Gasteiger partial charge in [-0.25, -0.2) is 13.2 Å². The molecule has 0 fully saturated rings. The zero-order valence-electron chi connectivity index (χ0n) is 11.3. The van der Waals surface area contributed by atoms with Crippen LogP contribution < -0.4 is 0 Å². The van der Waals surface area contributed by atoms with Crippen LogP contribution in [-0.2, 0) is 10.0 Å². The molecule has 0 atom stereocenters. The second kappa shape index (κ2) is 7.40. The van der Waals surface area contributed by atoms with Crippen LogP contribution in [0.2, 0.25) is 5.02 Å². The molecule has 0 heterocycles. The number of nitrogens with zero attached hydrogens (tertiary/aromatic N) is 1. The van der Waals surface area contributed by atoms with Gasteiger partial charge in [-0.3, -0.25) is 0 Å². The Bertz CT molecular complexity index is 660. The fourth-order valence-corrected chi connectivity index (χ4v) is 4.08. The number of rotatable bonds is 7. The van der Waals surface area contributed by atoms with Crippen LogP contribution in [0.5, 0.6) is 0 Å². The molecule has 0 aliphatic heterocycles. The molecule has 0 aromatic heterocycles. The Morgan fingerprint density at radius 3 is 2.62 bits per heavy atom. The Balaban J connectivity index is 3.43. The quantitative estimate of drug-likeness (QED) is 0.717. The smallest absolute Gasteiger partial charge is 0.337 e. The minimum atomic E-state index is -3.81. The van der Waals surface area contributed by atoms with E-state index in [1.807, 2.05) is 6.92 Å². The minimum Gasteiger partial charge on any atom is -0.478 e. The molecule has 0 amide bonds. The minimum absolute atomic E-state index is 0.0350. The Hall–Kier alpha value is -0.890. The molecule has 0 saturated heterocycles. The van der Waals surface area contributed by atoms with Crippen LogP contribution in [0.1, 0.15) is 23.7 Å². The van der Waals surface area contributed by atoms with E-state index in [1.54, 1.807) is 0 Å². The lowest BCUT2D eigenvalue weighted by molar-refractivity contribution is 0.0696. The van der Waals surface area contributed by atoms with Crippen molar-refractivity contribution in [3.8, 4) is 0 Å². The lowest BCUT2D eigenvalue weighted by atomic mass is 10.2. The summed E-state index contributed by atoms with van der Waals surface area (Å²) in [6.07, 6.45) is 2.11. The van der Waals surface area contributed by atoms with Gasteiger partial charge in [0.1, 0.15) is 0 Å². The van der Waals surface area contributed by atoms with Crippen molar-refractivity contribution in [1.82, 2.24) is 4.31 Å². The lowest BCUT2D eigenvalue weighted by Gasteiger charge is -2.20. The topological polar surface area (TPSA) is 74.7 Å². The summed E-state index contributed by atoms with van der Waals surface area (Å²) < 4.78 is 26.6. The van der Waals surface area contributed by atoms with E-state index in [-0.39, 0.29) is 26.5 Å². The molecule has 0 bridgehead atoms. The van der Waals surface area contributed by atoms with Crippen molar-refractivity contribution >= 4 is 43.5 Å². The fourth-order valence-electron chi connectivity index (χ4n) is 1.72. The highest BCUT2D eigenvalue weighted by molar-refractivity contribution is 9.10. The van der Waals surface area contributed by atoms with Gasteiger partial charge in [-0.05, 0) is 34.5 Å². The van der Waals surface area contributed by atoms with Gasteiger partial charge in [-0.1, -0.05) is 24.6 Å². The van der Waals surface area contributed by atoms with Crippen molar-refractivity contribution in [2.45, 2.75) is 18.2 Å². The monoisotopic (exact) mass is 395 g/mol. The van der Waals surface area contributed by atoms with Crippen molar-refractivity contribution in [3.63, 3.8) is 0 Å². The second-order valence-electron chi connectivity index (χ2n) is 4.22. The first-order valence-electron chi connectivity index (χ1n) is 6.09. The van der Waals surface area contributed by atoms with Crippen molar-refractivity contribution in [1.29, 1.82) is 0 Å². The lowest BCUT2D eigenvalue weighted by Crippen LogP contribution is -2.32. The number of carboxylic acid groups (broad SMARTS) is 1. The third-order valence-electron chi connectivity index (χ3n) is 2.68. The molecular formula is C13H15BrClNO4S. The van der Waals surface area contributed by atoms with Gasteiger partial charge in [0.25, 0.3) is 0 Å². The average Bonchev–Trinajstić information content (AvgIpc) is 2.40. The molecule has 0 aliphatic rings. The maximum Gasteiger partial charge on any atom is 0.337 e. The van der Waals surface area contributed by atoms with Crippen molar-refractivity contribution in [2.75, 3.05) is 13.1 Å². The molecule has 0 spiro atoms. The Kier molecular flexibility index (Phi) is 6.40. The van der Waals surface area contributed by atoms with Crippen LogP contribution in [0.4, 0.5) is 0 Å². The first-order chi connectivity index (χ1) is 9.75. The van der Waals surface area contributed by atoms with E-state index in [0.29, 0.717) is 13.0 Å². The third-order valence-corrected chi connectivity index (χ3v) is 5.78. The molecule has 0 saturated carbocycles. The van der Waals surface area contributed by atoms with Gasteiger partial charge in [0.2, 0.25) is 10.0 Å². The zero-order chi connectivity index (χ0) is 16.2. The van der Waals surface area contributed by atoms with Crippen LogP contribution in [-0.4, -0.2) is 36.9 Å². The Labute approximate surface area is 137 Å². The van der Waals surface area contributed by atoms with Crippen molar-refractivity contribution < 1.29 is 18.3 Å². The highest BCUT2D eigenvalue weighted by Gasteiger charge is 2.26. The maximum absolute atomic E-state index is 12.6. The largest absolute Gasteiger partial charge is 0.478 e. The number of halogens is 2. The molecule has 1 rings (SSSR count). The molecule has 0 aliphatic carbocycles. The molecule has 116 valence electrons. The number of hydrogen-bond donors (Lipinski definition) is 1. The van der Waals surface area contributed by atoms with E-state index in [0.717, 1.165) is 6.07 Å². The van der Waals surface area contributed by atoms with E-state index < -0.39 is 16.0 Å². The summed E-state index contributed by atoms with van der Waals surface area (Å²) in [6.45, 7) is 5.86. The summed E-state index contributed by atoms with van der Waals surface area (Å²) in [7, 11) is -3.81. The van der Waals surface area contributed by atoms with E-state index in [9.17, 15) is 13.2 Å². The summed E-state index contributed by atoms with van der Waals surface area (Å²) in [5.41, 5.74) is -0.264. The normalized spacial score (nSPS) is 11.6. The number of hydrogen-bond acceptors (Lipinski definition) is 3. The predicted molar refractivity (Wildman–Crippen MR) is 85.4 cm³/mol. The standard InChI is InChI=1S/C13H15BrClNO4S/c1-3-5-16(6-4-2)21(19,20)9-7-10(13(17)18)12(15)11(14)8-9/h3,7-8H,1,4-6H2,2H3,(H,17,18).